The van der Waals surface area contributed by atoms with E-state index in [1.807, 2.05) is 0 Å². The van der Waals surface area contributed by atoms with Gasteiger partial charge in [0, 0.05) is 26.1 Å². The topological polar surface area (TPSA) is 27.7 Å². The number of hydrogen-bond acceptors (Lipinski definition) is 3. The molecule has 24 heavy (non-hydrogen) atoms. The third-order valence-corrected chi connectivity index (χ3v) is 4.25. The third kappa shape index (κ3) is 11.4. The highest BCUT2D eigenvalue weighted by molar-refractivity contribution is 4.81. The van der Waals surface area contributed by atoms with Gasteiger partial charge >= 0.3 is 0 Å². The Bertz CT molecular complexity index is 325. The molecule has 0 aliphatic heterocycles. The van der Waals surface area contributed by atoms with Gasteiger partial charge in [-0.05, 0) is 52.9 Å². The van der Waals surface area contributed by atoms with Crippen LogP contribution in [-0.2, 0) is 14.2 Å². The Morgan fingerprint density at radius 1 is 0.750 bits per heavy atom. The Kier molecular flexibility index (Phi) is 10.7. The van der Waals surface area contributed by atoms with Crippen LogP contribution in [0.25, 0.3) is 0 Å². The van der Waals surface area contributed by atoms with E-state index in [0.29, 0.717) is 11.8 Å². The molecule has 0 heterocycles. The van der Waals surface area contributed by atoms with Crippen LogP contribution in [0.15, 0.2) is 0 Å². The molecule has 0 saturated carbocycles. The summed E-state index contributed by atoms with van der Waals surface area (Å²) in [5.74, 6) is 1.12. The van der Waals surface area contributed by atoms with E-state index in [2.05, 4.69) is 69.2 Å². The van der Waals surface area contributed by atoms with Gasteiger partial charge in [-0.3, -0.25) is 0 Å². The Hall–Kier alpha value is -0.120. The summed E-state index contributed by atoms with van der Waals surface area (Å²) in [6, 6.07) is 0. The molecule has 3 nitrogen and oxygen atoms in total. The Morgan fingerprint density at radius 2 is 1.29 bits per heavy atom. The van der Waals surface area contributed by atoms with Crippen molar-refractivity contribution in [2.24, 2.45) is 11.8 Å². The lowest BCUT2D eigenvalue weighted by molar-refractivity contribution is -0.135. The first kappa shape index (κ1) is 23.9. The first-order valence-corrected chi connectivity index (χ1v) is 9.82. The largest absolute Gasteiger partial charge is 0.378 e. The molecule has 0 aromatic rings. The molecule has 0 radical (unpaired) electrons. The lowest BCUT2D eigenvalue weighted by Crippen LogP contribution is -2.39. The molecule has 0 spiro atoms. The summed E-state index contributed by atoms with van der Waals surface area (Å²) in [6.07, 6.45) is 3.19. The van der Waals surface area contributed by atoms with Crippen LogP contribution < -0.4 is 0 Å². The monoisotopic (exact) mass is 344 g/mol. The molecule has 3 heteroatoms. The molecule has 0 amide bonds. The summed E-state index contributed by atoms with van der Waals surface area (Å²) in [6.45, 7) is 23.4. The summed E-state index contributed by atoms with van der Waals surface area (Å²) in [5.41, 5.74) is -0.304. The molecular weight excluding hydrogens is 300 g/mol. The first-order chi connectivity index (χ1) is 10.9. The SMILES string of the molecule is CCC(C)(CC(C)OCC(C)C)OC(C)CC(C)(C)OCC(C)C. The average Bonchev–Trinajstić information content (AvgIpc) is 2.42. The van der Waals surface area contributed by atoms with Crippen LogP contribution in [0.2, 0.25) is 0 Å². The molecule has 0 aromatic heterocycles. The fourth-order valence-corrected chi connectivity index (χ4v) is 2.97. The predicted molar refractivity (Wildman–Crippen MR) is 104 cm³/mol. The fourth-order valence-electron chi connectivity index (χ4n) is 2.97. The maximum Gasteiger partial charge on any atom is 0.0680 e. The van der Waals surface area contributed by atoms with Gasteiger partial charge in [-0.2, -0.15) is 0 Å². The highest BCUT2D eigenvalue weighted by Gasteiger charge is 2.31. The zero-order chi connectivity index (χ0) is 19.0. The second-order valence-electron chi connectivity index (χ2n) is 9.14. The van der Waals surface area contributed by atoms with Crippen LogP contribution >= 0.6 is 0 Å². The van der Waals surface area contributed by atoms with Crippen molar-refractivity contribution in [3.05, 3.63) is 0 Å². The molecule has 3 atom stereocenters. The zero-order valence-electron chi connectivity index (χ0n) is 18.1. The molecule has 0 saturated heterocycles. The van der Waals surface area contributed by atoms with Crippen molar-refractivity contribution in [3.63, 3.8) is 0 Å². The maximum atomic E-state index is 6.45. The second kappa shape index (κ2) is 10.8. The van der Waals surface area contributed by atoms with Crippen molar-refractivity contribution in [2.75, 3.05) is 13.2 Å². The van der Waals surface area contributed by atoms with Crippen LogP contribution in [-0.4, -0.2) is 36.6 Å². The van der Waals surface area contributed by atoms with Crippen LogP contribution in [0.4, 0.5) is 0 Å². The molecule has 0 rings (SSSR count). The van der Waals surface area contributed by atoms with E-state index < -0.39 is 0 Å². The highest BCUT2D eigenvalue weighted by Crippen LogP contribution is 2.28. The molecule has 0 bridgehead atoms. The Labute approximate surface area is 151 Å². The minimum absolute atomic E-state index is 0.149. The minimum Gasteiger partial charge on any atom is -0.378 e. The summed E-state index contributed by atoms with van der Waals surface area (Å²) in [7, 11) is 0. The molecule has 0 aliphatic carbocycles. The van der Waals surface area contributed by atoms with Gasteiger partial charge in [-0.25, -0.2) is 0 Å². The second-order valence-corrected chi connectivity index (χ2v) is 9.14. The van der Waals surface area contributed by atoms with Crippen molar-refractivity contribution < 1.29 is 14.2 Å². The van der Waals surface area contributed by atoms with Crippen LogP contribution in [0, 0.1) is 11.8 Å². The molecule has 0 fully saturated rings. The number of ether oxygens (including phenoxy) is 3. The van der Waals surface area contributed by atoms with Gasteiger partial charge in [-0.15, -0.1) is 0 Å². The van der Waals surface area contributed by atoms with Crippen molar-refractivity contribution in [3.8, 4) is 0 Å². The first-order valence-electron chi connectivity index (χ1n) is 9.82. The third-order valence-electron chi connectivity index (χ3n) is 4.25. The van der Waals surface area contributed by atoms with Gasteiger partial charge in [0.15, 0.2) is 0 Å². The smallest absolute Gasteiger partial charge is 0.0680 e. The van der Waals surface area contributed by atoms with E-state index in [0.717, 1.165) is 32.5 Å². The van der Waals surface area contributed by atoms with Crippen LogP contribution in [0.3, 0.4) is 0 Å². The van der Waals surface area contributed by atoms with E-state index in [1.165, 1.54) is 0 Å². The summed E-state index contributed by atoms with van der Waals surface area (Å²) in [5, 5.41) is 0. The fraction of sp³-hybridized carbons (Fsp3) is 1.00. The molecule has 0 aliphatic rings. The van der Waals surface area contributed by atoms with E-state index in [9.17, 15) is 0 Å². The van der Waals surface area contributed by atoms with E-state index >= 15 is 0 Å². The summed E-state index contributed by atoms with van der Waals surface area (Å²) in [4.78, 5) is 0. The van der Waals surface area contributed by atoms with Gasteiger partial charge in [0.2, 0.25) is 0 Å². The summed E-state index contributed by atoms with van der Waals surface area (Å²) < 4.78 is 18.4. The van der Waals surface area contributed by atoms with Gasteiger partial charge < -0.3 is 14.2 Å². The Balaban J connectivity index is 4.50. The molecule has 3 unspecified atom stereocenters. The summed E-state index contributed by atoms with van der Waals surface area (Å²) >= 11 is 0. The lowest BCUT2D eigenvalue weighted by atomic mass is 9.94. The Morgan fingerprint density at radius 3 is 1.75 bits per heavy atom. The number of hydrogen-bond donors (Lipinski definition) is 0. The predicted octanol–water partition coefficient (Wildman–Crippen LogP) is 5.85. The van der Waals surface area contributed by atoms with Crippen LogP contribution in [0.5, 0.6) is 0 Å². The van der Waals surface area contributed by atoms with Crippen molar-refractivity contribution in [1.29, 1.82) is 0 Å². The quantitative estimate of drug-likeness (QED) is 0.419. The van der Waals surface area contributed by atoms with E-state index in [-0.39, 0.29) is 23.4 Å². The van der Waals surface area contributed by atoms with Crippen molar-refractivity contribution >= 4 is 0 Å². The molecule has 0 N–H and O–H groups in total. The van der Waals surface area contributed by atoms with Gasteiger partial charge in [-0.1, -0.05) is 34.6 Å². The van der Waals surface area contributed by atoms with Crippen molar-refractivity contribution in [2.45, 2.75) is 112 Å². The zero-order valence-corrected chi connectivity index (χ0v) is 18.1. The van der Waals surface area contributed by atoms with Gasteiger partial charge in [0.1, 0.15) is 0 Å². The van der Waals surface area contributed by atoms with Gasteiger partial charge in [0.05, 0.1) is 23.4 Å². The molecule has 146 valence electrons. The minimum atomic E-state index is -0.155. The van der Waals surface area contributed by atoms with Crippen molar-refractivity contribution in [1.82, 2.24) is 0 Å². The number of rotatable bonds is 13. The van der Waals surface area contributed by atoms with E-state index in [1.54, 1.807) is 0 Å². The van der Waals surface area contributed by atoms with E-state index in [4.69, 9.17) is 14.2 Å². The van der Waals surface area contributed by atoms with Crippen LogP contribution in [0.1, 0.15) is 88.5 Å². The molecular formula is C21H44O3. The van der Waals surface area contributed by atoms with Gasteiger partial charge in [0.25, 0.3) is 0 Å². The highest BCUT2D eigenvalue weighted by atomic mass is 16.5. The average molecular weight is 345 g/mol. The lowest BCUT2D eigenvalue weighted by Gasteiger charge is -2.37. The maximum absolute atomic E-state index is 6.45. The molecule has 0 aromatic carbocycles. The standard InChI is InChI=1S/C21H44O3/c1-11-21(10,13-18(6)22-14-16(2)3)24-19(7)12-20(8,9)23-15-17(4)5/h16-19H,11-15H2,1-10H3. The normalized spacial score (nSPS) is 18.0.